The van der Waals surface area contributed by atoms with Crippen molar-refractivity contribution in [2.45, 2.75) is 297 Å². The highest BCUT2D eigenvalue weighted by Gasteiger charge is 2.26. The van der Waals surface area contributed by atoms with E-state index in [4.69, 9.17) is 18.9 Å². The molecule has 2 aromatic carbocycles. The van der Waals surface area contributed by atoms with Crippen LogP contribution < -0.4 is 0 Å². The molecule has 0 fully saturated rings. The van der Waals surface area contributed by atoms with Crippen molar-refractivity contribution in [3.05, 3.63) is 58.7 Å². The minimum absolute atomic E-state index is 0.217. The van der Waals surface area contributed by atoms with Crippen LogP contribution in [-0.4, -0.2) is 50.3 Å². The maximum atomic E-state index is 14.2. The molecule has 0 spiro atoms. The van der Waals surface area contributed by atoms with Gasteiger partial charge in [-0.05, 0) is 73.6 Å². The smallest absolute Gasteiger partial charge is 0.338 e. The second-order valence-electron chi connectivity index (χ2n) is 21.6. The van der Waals surface area contributed by atoms with E-state index in [-0.39, 0.29) is 17.7 Å². The molecule has 8 heteroatoms. The van der Waals surface area contributed by atoms with Crippen molar-refractivity contribution in [2.75, 3.05) is 26.4 Å². The first-order valence-corrected chi connectivity index (χ1v) is 31.2. The molecule has 0 aliphatic carbocycles. The molecule has 0 saturated carbocycles. The van der Waals surface area contributed by atoms with Gasteiger partial charge >= 0.3 is 23.9 Å². The summed E-state index contributed by atoms with van der Waals surface area (Å²) < 4.78 is 23.4. The van der Waals surface area contributed by atoms with Crippen LogP contribution in [0.1, 0.15) is 334 Å². The summed E-state index contributed by atoms with van der Waals surface area (Å²) in [5, 5.41) is 0. The van der Waals surface area contributed by atoms with Crippen LogP contribution in [0.25, 0.3) is 11.1 Å². The number of carbonyl (C=O) groups is 4. The van der Waals surface area contributed by atoms with Gasteiger partial charge in [0, 0.05) is 0 Å². The Hall–Kier alpha value is -3.68. The zero-order valence-corrected chi connectivity index (χ0v) is 48.4. The summed E-state index contributed by atoms with van der Waals surface area (Å²) in [6, 6.07) is 10.2. The van der Waals surface area contributed by atoms with Crippen LogP contribution >= 0.6 is 0 Å². The summed E-state index contributed by atoms with van der Waals surface area (Å²) in [5.74, 6) is -2.63. The number of rotatable bonds is 50. The molecule has 2 aromatic rings. The third-order valence-electron chi connectivity index (χ3n) is 14.8. The van der Waals surface area contributed by atoms with Crippen LogP contribution in [0, 0.1) is 0 Å². The average molecular weight is 1030 g/mol. The molecule has 8 nitrogen and oxygen atoms in total. The zero-order valence-electron chi connectivity index (χ0n) is 48.4. The Morgan fingerprint density at radius 1 is 0.324 bits per heavy atom. The van der Waals surface area contributed by atoms with E-state index in [1.165, 1.54) is 180 Å². The lowest BCUT2D eigenvalue weighted by Gasteiger charge is -2.19. The van der Waals surface area contributed by atoms with Crippen LogP contribution in [0.15, 0.2) is 36.4 Å². The summed E-state index contributed by atoms with van der Waals surface area (Å²) in [4.78, 5) is 55.3. The number of benzene rings is 2. The summed E-state index contributed by atoms with van der Waals surface area (Å²) in [6.07, 6.45) is 47.3. The van der Waals surface area contributed by atoms with Crippen LogP contribution in [0.4, 0.5) is 0 Å². The predicted octanol–water partition coefficient (Wildman–Crippen LogP) is 20.2. The number of ether oxygens (including phenoxy) is 4. The number of carbonyl (C=O) groups excluding carboxylic acids is 4. The maximum Gasteiger partial charge on any atom is 0.338 e. The maximum absolute atomic E-state index is 14.2. The fourth-order valence-corrected chi connectivity index (χ4v) is 9.89. The molecule has 0 N–H and O–H groups in total. The second-order valence-corrected chi connectivity index (χ2v) is 21.6. The Bertz CT molecular complexity index is 1720. The Kier molecular flexibility index (Phi) is 41.8. The lowest BCUT2D eigenvalue weighted by atomic mass is 9.87. The van der Waals surface area contributed by atoms with Gasteiger partial charge in [0.2, 0.25) is 0 Å². The van der Waals surface area contributed by atoms with Gasteiger partial charge < -0.3 is 18.9 Å². The van der Waals surface area contributed by atoms with Gasteiger partial charge in [-0.2, -0.15) is 0 Å². The van der Waals surface area contributed by atoms with E-state index in [0.29, 0.717) is 42.1 Å². The van der Waals surface area contributed by atoms with Crippen LogP contribution in [0.5, 0.6) is 0 Å². The van der Waals surface area contributed by atoms with Crippen LogP contribution in [-0.2, 0) is 23.7 Å². The van der Waals surface area contributed by atoms with Gasteiger partial charge in [0.15, 0.2) is 0 Å². The summed E-state index contributed by atoms with van der Waals surface area (Å²) in [7, 11) is 0. The molecule has 0 bridgehead atoms. The van der Waals surface area contributed by atoms with E-state index in [1.807, 2.05) is 0 Å². The number of unbranched alkanes of at least 4 members (excludes halogenated alkanes) is 36. The van der Waals surface area contributed by atoms with Gasteiger partial charge in [0.25, 0.3) is 0 Å². The van der Waals surface area contributed by atoms with Gasteiger partial charge in [-0.3, -0.25) is 4.79 Å². The van der Waals surface area contributed by atoms with Crippen LogP contribution in [0.2, 0.25) is 0 Å². The highest BCUT2D eigenvalue weighted by atomic mass is 16.5. The van der Waals surface area contributed by atoms with E-state index in [0.717, 1.165) is 77.0 Å². The van der Waals surface area contributed by atoms with Crippen molar-refractivity contribution in [2.24, 2.45) is 0 Å². The molecule has 0 heterocycles. The molecular formula is C66H110O8. The van der Waals surface area contributed by atoms with Crippen molar-refractivity contribution < 1.29 is 38.1 Å². The summed E-state index contributed by atoms with van der Waals surface area (Å²) in [5.41, 5.74) is 2.47. The number of hydrogen-bond acceptors (Lipinski definition) is 8. The topological polar surface area (TPSA) is 105 Å². The summed E-state index contributed by atoms with van der Waals surface area (Å²) >= 11 is 0. The molecule has 2 rings (SSSR count). The molecule has 1 unspecified atom stereocenters. The summed E-state index contributed by atoms with van der Waals surface area (Å²) in [6.45, 7) is 12.0. The van der Waals surface area contributed by atoms with E-state index in [1.54, 1.807) is 43.3 Å². The number of esters is 4. The van der Waals surface area contributed by atoms with Crippen LogP contribution in [0.3, 0.4) is 0 Å². The van der Waals surface area contributed by atoms with Gasteiger partial charge in [-0.15, -0.1) is 0 Å². The molecule has 74 heavy (non-hydrogen) atoms. The molecule has 0 saturated heterocycles. The molecule has 0 aromatic heterocycles. The van der Waals surface area contributed by atoms with Crippen molar-refractivity contribution in [3.8, 4) is 11.1 Å². The highest BCUT2D eigenvalue weighted by Crippen LogP contribution is 2.35. The minimum atomic E-state index is -0.760. The molecule has 0 aliphatic heterocycles. The Labute approximate surface area is 453 Å². The van der Waals surface area contributed by atoms with E-state index >= 15 is 0 Å². The van der Waals surface area contributed by atoms with Gasteiger partial charge in [0.05, 0.1) is 49.0 Å². The third-order valence-corrected chi connectivity index (χ3v) is 14.8. The highest BCUT2D eigenvalue weighted by molar-refractivity contribution is 6.02. The molecule has 422 valence electrons. The fraction of sp³-hybridized carbons (Fsp3) is 0.758. The average Bonchev–Trinajstić information content (AvgIpc) is 3.41. The second kappa shape index (κ2) is 46.6. The Morgan fingerprint density at radius 2 is 0.595 bits per heavy atom. The first-order valence-electron chi connectivity index (χ1n) is 31.2. The fourth-order valence-electron chi connectivity index (χ4n) is 9.89. The van der Waals surface area contributed by atoms with Crippen molar-refractivity contribution in [1.29, 1.82) is 0 Å². The zero-order chi connectivity index (χ0) is 53.5. The Balaban J connectivity index is 2.27. The predicted molar refractivity (Wildman–Crippen MR) is 309 cm³/mol. The molecule has 1 atom stereocenters. The van der Waals surface area contributed by atoms with Gasteiger partial charge in [-0.25, -0.2) is 14.4 Å². The quantitative estimate of drug-likeness (QED) is 0.0367. The monoisotopic (exact) mass is 1030 g/mol. The SMILES string of the molecule is CCCCCCCCCCCCOC(=O)c1ccc(-c2ccc(C(=O)OCCCCCCCCCCCC)cc2C(C)C(=O)OCCCCCCCCCCCC)c(C(=O)OCCCCCCCCCCCC)c1. The van der Waals surface area contributed by atoms with E-state index in [2.05, 4.69) is 27.7 Å². The van der Waals surface area contributed by atoms with Gasteiger partial charge in [0.1, 0.15) is 0 Å². The van der Waals surface area contributed by atoms with Crippen molar-refractivity contribution in [1.82, 2.24) is 0 Å². The molecule has 0 amide bonds. The first-order chi connectivity index (χ1) is 36.3. The largest absolute Gasteiger partial charge is 0.465 e. The van der Waals surface area contributed by atoms with E-state index in [9.17, 15) is 19.2 Å². The first kappa shape index (κ1) is 66.4. The minimum Gasteiger partial charge on any atom is -0.465 e. The molecule has 0 aliphatic rings. The Morgan fingerprint density at radius 3 is 0.932 bits per heavy atom. The van der Waals surface area contributed by atoms with E-state index < -0.39 is 29.8 Å². The van der Waals surface area contributed by atoms with Crippen molar-refractivity contribution in [3.63, 3.8) is 0 Å². The third kappa shape index (κ3) is 32.0. The lowest BCUT2D eigenvalue weighted by molar-refractivity contribution is -0.145. The molecule has 0 radical (unpaired) electrons. The lowest BCUT2D eigenvalue weighted by Crippen LogP contribution is -2.17. The van der Waals surface area contributed by atoms with Gasteiger partial charge in [-0.1, -0.05) is 271 Å². The number of hydrogen-bond donors (Lipinski definition) is 0. The van der Waals surface area contributed by atoms with Crippen molar-refractivity contribution >= 4 is 23.9 Å². The molecular weight excluding hydrogens is 921 g/mol. The standard InChI is InChI=1S/C66H110O8/c1-6-10-14-18-22-26-30-34-38-42-50-71-63(67)56(5)61-54-57(64(68)72-51-43-39-35-31-27-23-19-15-11-7-2)46-48-59(61)60-49-47-58(65(69)73-52-44-40-36-32-28-24-20-16-12-8-3)55-62(60)66(70)74-53-45-41-37-33-29-25-21-17-13-9-4/h46-49,54-56H,6-45,50-53H2,1-5H3. The normalized spacial score (nSPS) is 11.7.